The molecular formula is C17H22N2O. The van der Waals surface area contributed by atoms with Crippen LogP contribution in [0.1, 0.15) is 24.5 Å². The van der Waals surface area contributed by atoms with E-state index in [0.717, 1.165) is 31.7 Å². The van der Waals surface area contributed by atoms with E-state index in [1.54, 1.807) is 6.20 Å². The van der Waals surface area contributed by atoms with E-state index < -0.39 is 0 Å². The molecule has 106 valence electrons. The lowest BCUT2D eigenvalue weighted by Gasteiger charge is -2.12. The molecule has 0 bridgehead atoms. The topological polar surface area (TPSA) is 34.1 Å². The molecule has 0 saturated carbocycles. The third kappa shape index (κ3) is 4.67. The lowest BCUT2D eigenvalue weighted by Crippen LogP contribution is -2.15. The Kier molecular flexibility index (Phi) is 6.06. The maximum atomic E-state index is 5.90. The first kappa shape index (κ1) is 14.5. The molecule has 0 fully saturated rings. The highest BCUT2D eigenvalue weighted by atomic mass is 16.5. The van der Waals surface area contributed by atoms with Crippen LogP contribution in [0.3, 0.4) is 0 Å². The van der Waals surface area contributed by atoms with Crippen molar-refractivity contribution >= 4 is 0 Å². The maximum Gasteiger partial charge on any atom is 0.123 e. The quantitative estimate of drug-likeness (QED) is 0.748. The van der Waals surface area contributed by atoms with Crippen LogP contribution in [0.5, 0.6) is 5.75 Å². The van der Waals surface area contributed by atoms with E-state index in [1.165, 1.54) is 11.1 Å². The lowest BCUT2D eigenvalue weighted by molar-refractivity contribution is 0.317. The van der Waals surface area contributed by atoms with Gasteiger partial charge in [0.2, 0.25) is 0 Å². The van der Waals surface area contributed by atoms with Crippen molar-refractivity contribution in [3.8, 4) is 5.75 Å². The fourth-order valence-corrected chi connectivity index (χ4v) is 2.02. The van der Waals surface area contributed by atoms with Crippen molar-refractivity contribution in [2.24, 2.45) is 0 Å². The normalized spacial score (nSPS) is 10.4. The summed E-state index contributed by atoms with van der Waals surface area (Å²) < 4.78 is 5.90. The summed E-state index contributed by atoms with van der Waals surface area (Å²) in [5.74, 6) is 0.972. The molecule has 0 aliphatic carbocycles. The summed E-state index contributed by atoms with van der Waals surface area (Å²) in [4.78, 5) is 4.11. The fraction of sp³-hybridized carbons (Fsp3) is 0.353. The molecule has 0 atom stereocenters. The number of hydrogen-bond donors (Lipinski definition) is 1. The van der Waals surface area contributed by atoms with Gasteiger partial charge >= 0.3 is 0 Å². The number of pyridine rings is 1. The van der Waals surface area contributed by atoms with Gasteiger partial charge in [0, 0.05) is 30.9 Å². The SMILES string of the molecule is CCCNCc1ccccc1OCCc1cccnc1. The van der Waals surface area contributed by atoms with Crippen LogP contribution in [-0.2, 0) is 13.0 Å². The number of benzene rings is 1. The molecule has 0 aliphatic heterocycles. The minimum absolute atomic E-state index is 0.677. The number of para-hydroxylation sites is 1. The molecule has 2 rings (SSSR count). The fourth-order valence-electron chi connectivity index (χ4n) is 2.02. The standard InChI is InChI=1S/C17H22N2O/c1-2-10-18-14-16-7-3-4-8-17(16)20-12-9-15-6-5-11-19-13-15/h3-8,11,13,18H,2,9-10,12,14H2,1H3. The minimum atomic E-state index is 0.677. The Morgan fingerprint density at radius 2 is 2.05 bits per heavy atom. The van der Waals surface area contributed by atoms with Gasteiger partial charge in [0.1, 0.15) is 5.75 Å². The molecule has 0 radical (unpaired) electrons. The monoisotopic (exact) mass is 270 g/mol. The summed E-state index contributed by atoms with van der Waals surface area (Å²) in [5, 5.41) is 3.41. The van der Waals surface area contributed by atoms with Crippen LogP contribution in [0.4, 0.5) is 0 Å². The van der Waals surface area contributed by atoms with Crippen molar-refractivity contribution in [3.63, 3.8) is 0 Å². The Labute approximate surface area is 121 Å². The Balaban J connectivity index is 1.85. The Bertz CT molecular complexity index is 499. The number of nitrogens with one attached hydrogen (secondary N) is 1. The van der Waals surface area contributed by atoms with Crippen molar-refractivity contribution < 1.29 is 4.74 Å². The van der Waals surface area contributed by atoms with Gasteiger partial charge in [0.05, 0.1) is 6.61 Å². The molecule has 2 aromatic rings. The van der Waals surface area contributed by atoms with Crippen molar-refractivity contribution in [3.05, 3.63) is 59.9 Å². The zero-order valence-electron chi connectivity index (χ0n) is 12.0. The van der Waals surface area contributed by atoms with Gasteiger partial charge in [0.25, 0.3) is 0 Å². The third-order valence-corrected chi connectivity index (χ3v) is 3.09. The Hall–Kier alpha value is -1.87. The van der Waals surface area contributed by atoms with Gasteiger partial charge in [-0.3, -0.25) is 4.98 Å². The third-order valence-electron chi connectivity index (χ3n) is 3.09. The molecule has 3 nitrogen and oxygen atoms in total. The van der Waals surface area contributed by atoms with Gasteiger partial charge in [-0.05, 0) is 30.7 Å². The summed E-state index contributed by atoms with van der Waals surface area (Å²) in [6.07, 6.45) is 5.70. The second kappa shape index (κ2) is 8.33. The molecule has 1 heterocycles. The number of aromatic nitrogens is 1. The average molecular weight is 270 g/mol. The summed E-state index contributed by atoms with van der Waals surface area (Å²) >= 11 is 0. The van der Waals surface area contributed by atoms with E-state index in [-0.39, 0.29) is 0 Å². The van der Waals surface area contributed by atoms with Crippen molar-refractivity contribution in [1.82, 2.24) is 10.3 Å². The summed E-state index contributed by atoms with van der Waals surface area (Å²) in [7, 11) is 0. The molecular weight excluding hydrogens is 248 g/mol. The maximum absolute atomic E-state index is 5.90. The van der Waals surface area contributed by atoms with E-state index in [9.17, 15) is 0 Å². The van der Waals surface area contributed by atoms with Gasteiger partial charge in [0.15, 0.2) is 0 Å². The average Bonchev–Trinajstić information content (AvgIpc) is 2.50. The molecule has 0 saturated heterocycles. The van der Waals surface area contributed by atoms with Gasteiger partial charge in [-0.25, -0.2) is 0 Å². The van der Waals surface area contributed by atoms with E-state index in [4.69, 9.17) is 4.74 Å². The van der Waals surface area contributed by atoms with E-state index in [1.807, 2.05) is 24.4 Å². The number of nitrogens with zero attached hydrogens (tertiary/aromatic N) is 1. The first-order valence-corrected chi connectivity index (χ1v) is 7.20. The van der Waals surface area contributed by atoms with Crippen LogP contribution in [0.25, 0.3) is 0 Å². The molecule has 0 spiro atoms. The smallest absolute Gasteiger partial charge is 0.123 e. The molecule has 1 N–H and O–H groups in total. The minimum Gasteiger partial charge on any atom is -0.493 e. The van der Waals surface area contributed by atoms with E-state index >= 15 is 0 Å². The van der Waals surface area contributed by atoms with Crippen LogP contribution >= 0.6 is 0 Å². The first-order valence-electron chi connectivity index (χ1n) is 7.20. The lowest BCUT2D eigenvalue weighted by atomic mass is 10.2. The van der Waals surface area contributed by atoms with Gasteiger partial charge in [-0.1, -0.05) is 31.2 Å². The molecule has 1 aromatic carbocycles. The van der Waals surface area contributed by atoms with Crippen LogP contribution in [-0.4, -0.2) is 18.1 Å². The van der Waals surface area contributed by atoms with E-state index in [0.29, 0.717) is 6.61 Å². The Morgan fingerprint density at radius 3 is 2.85 bits per heavy atom. The van der Waals surface area contributed by atoms with Crippen molar-refractivity contribution in [1.29, 1.82) is 0 Å². The molecule has 3 heteroatoms. The van der Waals surface area contributed by atoms with Gasteiger partial charge in [-0.2, -0.15) is 0 Å². The summed E-state index contributed by atoms with van der Waals surface area (Å²) in [6.45, 7) is 4.74. The molecule has 20 heavy (non-hydrogen) atoms. The molecule has 0 unspecified atom stereocenters. The molecule has 1 aromatic heterocycles. The zero-order valence-corrected chi connectivity index (χ0v) is 12.0. The highest BCUT2D eigenvalue weighted by Crippen LogP contribution is 2.18. The number of hydrogen-bond acceptors (Lipinski definition) is 3. The number of ether oxygens (including phenoxy) is 1. The highest BCUT2D eigenvalue weighted by Gasteiger charge is 2.02. The Morgan fingerprint density at radius 1 is 1.15 bits per heavy atom. The van der Waals surface area contributed by atoms with E-state index in [2.05, 4.69) is 35.4 Å². The first-order chi connectivity index (χ1) is 9.90. The van der Waals surface area contributed by atoms with Crippen molar-refractivity contribution in [2.45, 2.75) is 26.3 Å². The van der Waals surface area contributed by atoms with Gasteiger partial charge in [-0.15, -0.1) is 0 Å². The highest BCUT2D eigenvalue weighted by molar-refractivity contribution is 5.33. The number of rotatable bonds is 8. The van der Waals surface area contributed by atoms with Crippen LogP contribution in [0.15, 0.2) is 48.8 Å². The molecule has 0 aliphatic rings. The van der Waals surface area contributed by atoms with Crippen LogP contribution in [0.2, 0.25) is 0 Å². The molecule has 0 amide bonds. The zero-order chi connectivity index (χ0) is 14.0. The second-order valence-corrected chi connectivity index (χ2v) is 4.74. The van der Waals surface area contributed by atoms with Crippen LogP contribution < -0.4 is 10.1 Å². The van der Waals surface area contributed by atoms with Crippen molar-refractivity contribution in [2.75, 3.05) is 13.2 Å². The second-order valence-electron chi connectivity index (χ2n) is 4.74. The van der Waals surface area contributed by atoms with Crippen LogP contribution in [0, 0.1) is 0 Å². The largest absolute Gasteiger partial charge is 0.493 e. The van der Waals surface area contributed by atoms with Gasteiger partial charge < -0.3 is 10.1 Å². The predicted molar refractivity (Wildman–Crippen MR) is 81.9 cm³/mol. The summed E-state index contributed by atoms with van der Waals surface area (Å²) in [5.41, 5.74) is 2.42. The summed E-state index contributed by atoms with van der Waals surface area (Å²) in [6, 6.07) is 12.2. The predicted octanol–water partition coefficient (Wildman–Crippen LogP) is 3.20.